The van der Waals surface area contributed by atoms with Crippen LogP contribution in [0.3, 0.4) is 0 Å². The van der Waals surface area contributed by atoms with Gasteiger partial charge in [-0.25, -0.2) is 19.9 Å². The highest BCUT2D eigenvalue weighted by Crippen LogP contribution is 2.13. The molecule has 2 aromatic heterocycles. The molecule has 1 fully saturated rings. The van der Waals surface area contributed by atoms with Crippen LogP contribution in [0.4, 0.5) is 11.9 Å². The molecule has 1 N–H and O–H groups in total. The lowest BCUT2D eigenvalue weighted by Crippen LogP contribution is -2.49. The second kappa shape index (κ2) is 8.64. The number of carbonyl (C=O) groups is 1. The van der Waals surface area contributed by atoms with Crippen molar-refractivity contribution in [2.75, 3.05) is 36.4 Å². The molecule has 0 spiro atoms. The van der Waals surface area contributed by atoms with E-state index in [2.05, 4.69) is 61.3 Å². The molecule has 0 atom stereocenters. The van der Waals surface area contributed by atoms with Gasteiger partial charge in [-0.05, 0) is 18.6 Å². The molecule has 1 saturated heterocycles. The Hall–Kier alpha value is -3.55. The van der Waals surface area contributed by atoms with Crippen LogP contribution in [0, 0.1) is 6.92 Å². The standard InChI is InChI=1S/C21H23N7O/c1-16-3-5-17(6-4-16)13-24-20-25-14-18(15-26-20)19(29)27-9-11-28(12-10-27)21-22-7-2-8-23-21/h2-8,14-15H,9-13H2,1H3,(H,24,25,26). The molecule has 1 aromatic carbocycles. The number of carbonyl (C=O) groups excluding carboxylic acids is 1. The zero-order chi connectivity index (χ0) is 20.1. The number of benzene rings is 1. The first-order valence-electron chi connectivity index (χ1n) is 9.62. The van der Waals surface area contributed by atoms with Gasteiger partial charge in [0, 0.05) is 57.5 Å². The van der Waals surface area contributed by atoms with Crippen molar-refractivity contribution in [3.63, 3.8) is 0 Å². The lowest BCUT2D eigenvalue weighted by molar-refractivity contribution is 0.0745. The van der Waals surface area contributed by atoms with Gasteiger partial charge >= 0.3 is 0 Å². The molecular weight excluding hydrogens is 366 g/mol. The molecule has 1 amide bonds. The molecule has 8 nitrogen and oxygen atoms in total. The van der Waals surface area contributed by atoms with Gasteiger partial charge in [-0.2, -0.15) is 0 Å². The van der Waals surface area contributed by atoms with Crippen LogP contribution in [0.25, 0.3) is 0 Å². The lowest BCUT2D eigenvalue weighted by Gasteiger charge is -2.34. The normalized spacial score (nSPS) is 14.0. The van der Waals surface area contributed by atoms with E-state index in [1.165, 1.54) is 5.56 Å². The summed E-state index contributed by atoms with van der Waals surface area (Å²) in [4.78, 5) is 33.8. The van der Waals surface area contributed by atoms with Gasteiger partial charge in [0.05, 0.1) is 5.56 Å². The molecule has 1 aliphatic rings. The molecule has 29 heavy (non-hydrogen) atoms. The van der Waals surface area contributed by atoms with Crippen molar-refractivity contribution in [1.82, 2.24) is 24.8 Å². The van der Waals surface area contributed by atoms with Crippen LogP contribution in [-0.4, -0.2) is 56.9 Å². The third-order valence-electron chi connectivity index (χ3n) is 4.87. The minimum absolute atomic E-state index is 0.0521. The zero-order valence-electron chi connectivity index (χ0n) is 16.3. The molecule has 3 heterocycles. The van der Waals surface area contributed by atoms with Crippen molar-refractivity contribution >= 4 is 17.8 Å². The van der Waals surface area contributed by atoms with Gasteiger partial charge in [0.15, 0.2) is 0 Å². The fourth-order valence-electron chi connectivity index (χ4n) is 3.16. The number of anilines is 2. The summed E-state index contributed by atoms with van der Waals surface area (Å²) in [6.07, 6.45) is 6.62. The van der Waals surface area contributed by atoms with E-state index in [9.17, 15) is 4.79 Å². The lowest BCUT2D eigenvalue weighted by atomic mass is 10.1. The summed E-state index contributed by atoms with van der Waals surface area (Å²) in [6.45, 7) is 5.33. The Balaban J connectivity index is 1.31. The van der Waals surface area contributed by atoms with E-state index in [0.29, 0.717) is 50.2 Å². The molecule has 3 aromatic rings. The van der Waals surface area contributed by atoms with Gasteiger partial charge in [-0.15, -0.1) is 0 Å². The predicted octanol–water partition coefficient (Wildman–Crippen LogP) is 2.15. The van der Waals surface area contributed by atoms with Crippen molar-refractivity contribution in [3.8, 4) is 0 Å². The van der Waals surface area contributed by atoms with E-state index in [4.69, 9.17) is 0 Å². The first-order chi connectivity index (χ1) is 14.2. The molecule has 0 aliphatic carbocycles. The summed E-state index contributed by atoms with van der Waals surface area (Å²) < 4.78 is 0. The maximum Gasteiger partial charge on any atom is 0.257 e. The van der Waals surface area contributed by atoms with Crippen LogP contribution in [0.5, 0.6) is 0 Å². The zero-order valence-corrected chi connectivity index (χ0v) is 16.3. The van der Waals surface area contributed by atoms with Crippen LogP contribution in [0.2, 0.25) is 0 Å². The molecule has 1 aliphatic heterocycles. The third kappa shape index (κ3) is 4.66. The first kappa shape index (κ1) is 18.8. The van der Waals surface area contributed by atoms with E-state index in [-0.39, 0.29) is 5.91 Å². The largest absolute Gasteiger partial charge is 0.350 e. The van der Waals surface area contributed by atoms with Crippen molar-refractivity contribution in [3.05, 3.63) is 71.8 Å². The van der Waals surface area contributed by atoms with E-state index in [0.717, 1.165) is 5.56 Å². The minimum atomic E-state index is -0.0521. The summed E-state index contributed by atoms with van der Waals surface area (Å²) in [7, 11) is 0. The Labute approximate surface area is 169 Å². The van der Waals surface area contributed by atoms with Gasteiger partial charge < -0.3 is 15.1 Å². The molecule has 0 bridgehead atoms. The average molecular weight is 389 g/mol. The van der Waals surface area contributed by atoms with E-state index >= 15 is 0 Å². The van der Waals surface area contributed by atoms with Crippen molar-refractivity contribution in [1.29, 1.82) is 0 Å². The summed E-state index contributed by atoms with van der Waals surface area (Å²) >= 11 is 0. The van der Waals surface area contributed by atoms with Crippen LogP contribution in [-0.2, 0) is 6.54 Å². The van der Waals surface area contributed by atoms with Gasteiger partial charge in [0.1, 0.15) is 0 Å². The number of nitrogens with one attached hydrogen (secondary N) is 1. The Bertz CT molecular complexity index is 937. The highest BCUT2D eigenvalue weighted by molar-refractivity contribution is 5.93. The SMILES string of the molecule is Cc1ccc(CNc2ncc(C(=O)N3CCN(c4ncccn4)CC3)cn2)cc1. The highest BCUT2D eigenvalue weighted by Gasteiger charge is 2.23. The predicted molar refractivity (Wildman–Crippen MR) is 111 cm³/mol. The van der Waals surface area contributed by atoms with Crippen LogP contribution in [0.15, 0.2) is 55.1 Å². The number of hydrogen-bond acceptors (Lipinski definition) is 7. The second-order valence-electron chi connectivity index (χ2n) is 6.96. The number of rotatable bonds is 5. The Morgan fingerprint density at radius 3 is 2.28 bits per heavy atom. The Morgan fingerprint density at radius 1 is 0.966 bits per heavy atom. The fourth-order valence-corrected chi connectivity index (χ4v) is 3.16. The van der Waals surface area contributed by atoms with Crippen molar-refractivity contribution in [2.45, 2.75) is 13.5 Å². The van der Waals surface area contributed by atoms with E-state index in [1.54, 1.807) is 30.9 Å². The van der Waals surface area contributed by atoms with E-state index < -0.39 is 0 Å². The van der Waals surface area contributed by atoms with Crippen LogP contribution >= 0.6 is 0 Å². The first-order valence-corrected chi connectivity index (χ1v) is 9.62. The molecule has 8 heteroatoms. The van der Waals surface area contributed by atoms with Crippen molar-refractivity contribution in [2.24, 2.45) is 0 Å². The maximum absolute atomic E-state index is 12.7. The number of piperazine rings is 1. The molecule has 4 rings (SSSR count). The summed E-state index contributed by atoms with van der Waals surface area (Å²) in [5.74, 6) is 1.16. The van der Waals surface area contributed by atoms with Gasteiger partial charge in [0.25, 0.3) is 5.91 Å². The van der Waals surface area contributed by atoms with Crippen LogP contribution < -0.4 is 10.2 Å². The smallest absolute Gasteiger partial charge is 0.257 e. The molecule has 148 valence electrons. The summed E-state index contributed by atoms with van der Waals surface area (Å²) in [5, 5.41) is 3.18. The summed E-state index contributed by atoms with van der Waals surface area (Å²) in [6, 6.07) is 10.1. The fraction of sp³-hybridized carbons (Fsp3) is 0.286. The molecule has 0 saturated carbocycles. The molecule has 0 radical (unpaired) electrons. The molecule has 0 unspecified atom stereocenters. The topological polar surface area (TPSA) is 87.1 Å². The van der Waals surface area contributed by atoms with Crippen LogP contribution in [0.1, 0.15) is 21.5 Å². The monoisotopic (exact) mass is 389 g/mol. The number of hydrogen-bond donors (Lipinski definition) is 1. The summed E-state index contributed by atoms with van der Waals surface area (Å²) in [5.41, 5.74) is 2.87. The van der Waals surface area contributed by atoms with Crippen molar-refractivity contribution < 1.29 is 4.79 Å². The average Bonchev–Trinajstić information content (AvgIpc) is 2.79. The second-order valence-corrected chi connectivity index (χ2v) is 6.96. The van der Waals surface area contributed by atoms with Gasteiger partial charge in [-0.3, -0.25) is 4.79 Å². The highest BCUT2D eigenvalue weighted by atomic mass is 16.2. The number of aryl methyl sites for hydroxylation is 1. The molecular formula is C21H23N7O. The number of aromatic nitrogens is 4. The Kier molecular flexibility index (Phi) is 5.60. The van der Waals surface area contributed by atoms with E-state index in [1.807, 2.05) is 4.90 Å². The quantitative estimate of drug-likeness (QED) is 0.715. The Morgan fingerprint density at radius 2 is 1.62 bits per heavy atom. The minimum Gasteiger partial charge on any atom is -0.350 e. The third-order valence-corrected chi connectivity index (χ3v) is 4.87. The number of amides is 1. The van der Waals surface area contributed by atoms with Gasteiger partial charge in [0.2, 0.25) is 11.9 Å². The number of nitrogens with zero attached hydrogens (tertiary/aromatic N) is 6. The maximum atomic E-state index is 12.7. The van der Waals surface area contributed by atoms with Gasteiger partial charge in [-0.1, -0.05) is 29.8 Å².